The average Bonchev–Trinajstić information content (AvgIpc) is 2.20. The summed E-state index contributed by atoms with van der Waals surface area (Å²) >= 11 is 0. The number of carbonyl (C=O) groups is 1. The highest BCUT2D eigenvalue weighted by Crippen LogP contribution is 2.08. The first-order valence-corrected chi connectivity index (χ1v) is 4.01. The third-order valence-electron chi connectivity index (χ3n) is 1.84. The molecule has 0 spiro atoms. The average molecular weight is 194 g/mol. The van der Waals surface area contributed by atoms with Crippen LogP contribution in [0.5, 0.6) is 0 Å². The van der Waals surface area contributed by atoms with E-state index in [1.807, 2.05) is 0 Å². The highest BCUT2D eigenvalue weighted by molar-refractivity contribution is 6.41. The first-order valence-electron chi connectivity index (χ1n) is 4.01. The quantitative estimate of drug-likeness (QED) is 0.168. The molecule has 14 heavy (non-hydrogen) atoms. The molecule has 0 N–H and O–H groups in total. The normalized spacial score (nSPS) is 11.1. The van der Waals surface area contributed by atoms with Crippen molar-refractivity contribution in [1.82, 2.24) is 0 Å². The number of methoxy groups -OCH3 is 1. The first kappa shape index (κ1) is 10.2. The Labute approximate surface area is 81.4 Å². The van der Waals surface area contributed by atoms with Crippen LogP contribution in [0.1, 0.15) is 15.9 Å². The van der Waals surface area contributed by atoms with Crippen molar-refractivity contribution in [2.24, 2.45) is 0 Å². The van der Waals surface area contributed by atoms with Gasteiger partial charge in [0.25, 0.3) is 0 Å². The zero-order chi connectivity index (χ0) is 10.6. The summed E-state index contributed by atoms with van der Waals surface area (Å²) < 4.78 is 8.07. The zero-order valence-corrected chi connectivity index (χ0v) is 7.94. The maximum atomic E-state index is 11.5. The van der Waals surface area contributed by atoms with Gasteiger partial charge in [0.1, 0.15) is 0 Å². The SMILES string of the molecule is COC(=[O+][O-])C(=O)c1ccccc1C. The molecule has 4 nitrogen and oxygen atoms in total. The summed E-state index contributed by atoms with van der Waals surface area (Å²) in [6.07, 6.45) is 0. The fourth-order valence-corrected chi connectivity index (χ4v) is 1.10. The number of aryl methyl sites for hydroxylation is 1. The van der Waals surface area contributed by atoms with E-state index in [0.717, 1.165) is 5.56 Å². The molecule has 0 atom stereocenters. The van der Waals surface area contributed by atoms with Crippen LogP contribution in [-0.4, -0.2) is 18.9 Å². The summed E-state index contributed by atoms with van der Waals surface area (Å²) in [5, 5.41) is 10.1. The Morgan fingerprint density at radius 1 is 1.43 bits per heavy atom. The van der Waals surface area contributed by atoms with Gasteiger partial charge in [0.05, 0.1) is 0 Å². The van der Waals surface area contributed by atoms with E-state index in [4.69, 9.17) is 0 Å². The fraction of sp³-hybridized carbons (Fsp3) is 0.200. The molecule has 0 radical (unpaired) electrons. The summed E-state index contributed by atoms with van der Waals surface area (Å²) in [6.45, 7) is 1.77. The molecule has 0 aromatic heterocycles. The molecule has 0 saturated heterocycles. The van der Waals surface area contributed by atoms with Crippen LogP contribution in [0.3, 0.4) is 0 Å². The van der Waals surface area contributed by atoms with Gasteiger partial charge in [0, 0.05) is 5.56 Å². The van der Waals surface area contributed by atoms with Crippen molar-refractivity contribution in [2.45, 2.75) is 6.92 Å². The summed E-state index contributed by atoms with van der Waals surface area (Å²) in [6, 6.07) is 6.88. The van der Waals surface area contributed by atoms with Crippen LogP contribution in [0.25, 0.3) is 0 Å². The molecular formula is C10H10O4. The van der Waals surface area contributed by atoms with Gasteiger partial charge in [-0.25, -0.2) is 0 Å². The molecule has 0 aliphatic heterocycles. The fourth-order valence-electron chi connectivity index (χ4n) is 1.10. The topological polar surface area (TPSA) is 60.7 Å². The van der Waals surface area contributed by atoms with Crippen LogP contribution in [0.15, 0.2) is 24.3 Å². The molecule has 0 aliphatic rings. The largest absolute Gasteiger partial charge is 0.588 e. The molecule has 74 valence electrons. The number of hydrogen-bond acceptors (Lipinski definition) is 3. The van der Waals surface area contributed by atoms with Gasteiger partial charge in [-0.1, -0.05) is 24.3 Å². The van der Waals surface area contributed by atoms with E-state index >= 15 is 0 Å². The van der Waals surface area contributed by atoms with Gasteiger partial charge in [-0.2, -0.15) is 0 Å². The number of Topliss-reactive ketones (excluding diaryl/α,β-unsaturated/α-hetero) is 1. The van der Waals surface area contributed by atoms with Crippen LogP contribution in [0, 0.1) is 6.92 Å². The number of carbonyl (C=O) groups excluding carboxylic acids is 2. The van der Waals surface area contributed by atoms with Crippen LogP contribution in [-0.2, 0) is 9.31 Å². The summed E-state index contributed by atoms with van der Waals surface area (Å²) in [5.74, 6) is -1.08. The maximum Gasteiger partial charge on any atom is 0.574 e. The second kappa shape index (κ2) is 4.41. The molecule has 4 heteroatoms. The lowest BCUT2D eigenvalue weighted by molar-refractivity contribution is -1.05. The van der Waals surface area contributed by atoms with Crippen molar-refractivity contribution < 1.29 is 19.4 Å². The van der Waals surface area contributed by atoms with Gasteiger partial charge in [-0.05, 0) is 12.5 Å². The van der Waals surface area contributed by atoms with Crippen LogP contribution in [0.4, 0.5) is 0 Å². The van der Waals surface area contributed by atoms with E-state index in [2.05, 4.69) is 9.31 Å². The zero-order valence-electron chi connectivity index (χ0n) is 7.94. The summed E-state index contributed by atoms with van der Waals surface area (Å²) in [7, 11) is 1.21. The Bertz CT molecular complexity index is 368. The molecule has 1 rings (SSSR count). The third-order valence-corrected chi connectivity index (χ3v) is 1.84. The van der Waals surface area contributed by atoms with Crippen LogP contribution < -0.4 is 5.26 Å². The molecular weight excluding hydrogens is 184 g/mol. The van der Waals surface area contributed by atoms with Gasteiger partial charge in [-0.15, -0.1) is 0 Å². The van der Waals surface area contributed by atoms with E-state index in [9.17, 15) is 10.1 Å². The monoisotopic (exact) mass is 194 g/mol. The second-order valence-corrected chi connectivity index (χ2v) is 2.72. The molecule has 0 saturated carbocycles. The molecule has 0 heterocycles. The first-order chi connectivity index (χ1) is 6.70. The highest BCUT2D eigenvalue weighted by Gasteiger charge is 2.26. The molecule has 0 amide bonds. The van der Waals surface area contributed by atoms with Crippen LogP contribution in [0.2, 0.25) is 0 Å². The number of hydrogen-bond donors (Lipinski definition) is 0. The Hall–Kier alpha value is -1.84. The van der Waals surface area contributed by atoms with E-state index in [1.54, 1.807) is 31.2 Å². The van der Waals surface area contributed by atoms with E-state index in [1.165, 1.54) is 7.11 Å². The lowest BCUT2D eigenvalue weighted by atomic mass is 10.1. The lowest BCUT2D eigenvalue weighted by Gasteiger charge is -1.99. The smallest absolute Gasteiger partial charge is 0.574 e. The Balaban J connectivity index is 3.07. The number of esters is 1. The number of ketones is 1. The molecule has 0 fully saturated rings. The number of ether oxygens (including phenoxy) is 1. The van der Waals surface area contributed by atoms with E-state index in [-0.39, 0.29) is 0 Å². The number of rotatable bonds is 2. The maximum absolute atomic E-state index is 11.5. The minimum Gasteiger partial charge on any atom is -0.588 e. The predicted octanol–water partition coefficient (Wildman–Crippen LogP) is 0.162. The highest BCUT2D eigenvalue weighted by atomic mass is 17.1. The van der Waals surface area contributed by atoms with Crippen molar-refractivity contribution >= 4 is 11.8 Å². The van der Waals surface area contributed by atoms with Crippen molar-refractivity contribution in [3.8, 4) is 0 Å². The molecule has 1 aromatic rings. The summed E-state index contributed by atoms with van der Waals surface area (Å²) in [5.41, 5.74) is 1.17. The minimum atomic E-state index is -0.542. The van der Waals surface area contributed by atoms with Gasteiger partial charge in [0.2, 0.25) is 0 Å². The minimum absolute atomic E-state index is 0.403. The van der Waals surface area contributed by atoms with Crippen molar-refractivity contribution in [3.05, 3.63) is 35.4 Å². The summed E-state index contributed by atoms with van der Waals surface area (Å²) in [4.78, 5) is 11.5. The Kier molecular flexibility index (Phi) is 3.23. The van der Waals surface area contributed by atoms with Crippen molar-refractivity contribution in [1.29, 1.82) is 0 Å². The van der Waals surface area contributed by atoms with Crippen molar-refractivity contribution in [3.63, 3.8) is 0 Å². The third kappa shape index (κ3) is 1.90. The standard InChI is InChI=1S/C10H10O4/c1-7-5-3-4-6-8(7)9(11)10(13-2)14-12/h3-6H,1-2H3. The lowest BCUT2D eigenvalue weighted by Crippen LogP contribution is -2.23. The van der Waals surface area contributed by atoms with E-state index in [0.29, 0.717) is 5.56 Å². The Morgan fingerprint density at radius 3 is 2.57 bits per heavy atom. The van der Waals surface area contributed by atoms with Gasteiger partial charge in [0.15, 0.2) is 7.11 Å². The molecule has 0 bridgehead atoms. The number of benzene rings is 1. The van der Waals surface area contributed by atoms with Gasteiger partial charge >= 0.3 is 11.8 Å². The predicted molar refractivity (Wildman–Crippen MR) is 47.5 cm³/mol. The van der Waals surface area contributed by atoms with Gasteiger partial charge in [-0.3, -0.25) is 9.37 Å². The van der Waals surface area contributed by atoms with Crippen LogP contribution >= 0.6 is 0 Å². The molecule has 1 aromatic carbocycles. The van der Waals surface area contributed by atoms with Crippen molar-refractivity contribution in [2.75, 3.05) is 7.11 Å². The van der Waals surface area contributed by atoms with Gasteiger partial charge < -0.3 is 9.99 Å². The van der Waals surface area contributed by atoms with E-state index < -0.39 is 11.8 Å². The second-order valence-electron chi connectivity index (χ2n) is 2.72. The Morgan fingerprint density at radius 2 is 2.07 bits per heavy atom. The molecule has 0 aliphatic carbocycles. The molecule has 0 unspecified atom stereocenters.